The van der Waals surface area contributed by atoms with E-state index in [0.717, 1.165) is 57.0 Å². The Kier molecular flexibility index (Phi) is 7.11. The zero-order valence-corrected chi connectivity index (χ0v) is 40.4. The first-order chi connectivity index (χ1) is 32.6. The van der Waals surface area contributed by atoms with Crippen LogP contribution in [0.3, 0.4) is 0 Å². The molecule has 2 aliphatic carbocycles. The average Bonchev–Trinajstić information content (AvgIpc) is 4.05. The third-order valence-corrected chi connectivity index (χ3v) is 17.4. The van der Waals surface area contributed by atoms with E-state index in [-0.39, 0.29) is 28.5 Å². The maximum Gasteiger partial charge on any atom is 0.333 e. The van der Waals surface area contributed by atoms with Crippen molar-refractivity contribution in [3.63, 3.8) is 0 Å². The van der Waals surface area contributed by atoms with Gasteiger partial charge in [-0.1, -0.05) is 141 Å². The summed E-state index contributed by atoms with van der Waals surface area (Å²) in [6.45, 7) is 21.4. The first kappa shape index (κ1) is 39.1. The molecule has 0 N–H and O–H groups in total. The van der Waals surface area contributed by atoms with Crippen LogP contribution in [-0.2, 0) is 21.7 Å². The van der Waals surface area contributed by atoms with Crippen LogP contribution in [-0.4, -0.2) is 11.4 Å². The molecule has 3 aromatic heterocycles. The summed E-state index contributed by atoms with van der Waals surface area (Å²) in [7, 11) is 0. The van der Waals surface area contributed by atoms with Crippen molar-refractivity contribution in [2.45, 2.75) is 96.8 Å². The first-order valence-electron chi connectivity index (χ1n) is 24.7. The molecule has 0 unspecified atom stereocenters. The van der Waals surface area contributed by atoms with Gasteiger partial charge >= 0.3 is 6.85 Å². The summed E-state index contributed by atoms with van der Waals surface area (Å²) in [5, 5.41) is 7.11. The Morgan fingerprint density at radius 2 is 1.21 bits per heavy atom. The smallest absolute Gasteiger partial charge is 0.333 e. The van der Waals surface area contributed by atoms with Crippen LogP contribution in [0.4, 0.5) is 11.4 Å². The van der Waals surface area contributed by atoms with Gasteiger partial charge in [0, 0.05) is 61.0 Å². The van der Waals surface area contributed by atoms with E-state index in [4.69, 9.17) is 8.83 Å². The molecule has 330 valence electrons. The van der Waals surface area contributed by atoms with Crippen molar-refractivity contribution in [3.8, 4) is 27.9 Å². The van der Waals surface area contributed by atoms with Crippen LogP contribution in [0.5, 0.6) is 0 Å². The van der Waals surface area contributed by atoms with Crippen LogP contribution in [0, 0.1) is 0 Å². The highest BCUT2D eigenvalue weighted by Gasteiger charge is 2.49. The molecule has 68 heavy (non-hydrogen) atoms. The van der Waals surface area contributed by atoms with Crippen molar-refractivity contribution in [2.24, 2.45) is 0 Å². The lowest BCUT2D eigenvalue weighted by Gasteiger charge is -2.43. The van der Waals surface area contributed by atoms with Gasteiger partial charge in [-0.3, -0.25) is 0 Å². The van der Waals surface area contributed by atoms with Crippen LogP contribution in [0.1, 0.15) is 103 Å². The lowest BCUT2D eigenvalue weighted by atomic mass is 9.43. The number of anilines is 2. The summed E-state index contributed by atoms with van der Waals surface area (Å²) in [5.41, 5.74) is 24.4. The molecule has 0 amide bonds. The molecule has 0 fully saturated rings. The van der Waals surface area contributed by atoms with Crippen molar-refractivity contribution in [1.82, 2.24) is 4.57 Å². The summed E-state index contributed by atoms with van der Waals surface area (Å²) in [4.78, 5) is 2.71. The number of benzene rings is 8. The molecule has 5 heterocycles. The molecule has 0 atom stereocenters. The molecule has 0 saturated heterocycles. The van der Waals surface area contributed by atoms with Gasteiger partial charge in [0.1, 0.15) is 22.3 Å². The van der Waals surface area contributed by atoms with E-state index in [2.05, 4.69) is 205 Å². The molecule has 8 aromatic carbocycles. The van der Waals surface area contributed by atoms with Gasteiger partial charge in [-0.05, 0) is 133 Å². The van der Waals surface area contributed by atoms with Crippen molar-refractivity contribution >= 4 is 94.8 Å². The molecule has 0 saturated carbocycles. The van der Waals surface area contributed by atoms with Gasteiger partial charge in [0.2, 0.25) is 0 Å². The van der Waals surface area contributed by atoms with E-state index < -0.39 is 0 Å². The fourth-order valence-electron chi connectivity index (χ4n) is 13.7. The van der Waals surface area contributed by atoms with E-state index in [0.29, 0.717) is 0 Å². The number of rotatable bonds is 1. The largest absolute Gasteiger partial charge is 0.456 e. The van der Waals surface area contributed by atoms with Gasteiger partial charge in [-0.25, -0.2) is 0 Å². The summed E-state index contributed by atoms with van der Waals surface area (Å²) < 4.78 is 16.8. The van der Waals surface area contributed by atoms with Gasteiger partial charge in [0.15, 0.2) is 0 Å². The van der Waals surface area contributed by atoms with E-state index in [9.17, 15) is 0 Å². The van der Waals surface area contributed by atoms with E-state index in [1.165, 1.54) is 99.6 Å². The maximum absolute atomic E-state index is 7.36. The average molecular weight is 881 g/mol. The monoisotopic (exact) mass is 880 g/mol. The van der Waals surface area contributed by atoms with E-state index >= 15 is 0 Å². The van der Waals surface area contributed by atoms with Crippen molar-refractivity contribution in [2.75, 3.05) is 4.81 Å². The molecule has 2 aliphatic heterocycles. The van der Waals surface area contributed by atoms with Gasteiger partial charge in [0.25, 0.3) is 0 Å². The molecule has 4 nitrogen and oxygen atoms in total. The zero-order valence-electron chi connectivity index (χ0n) is 40.4. The predicted molar refractivity (Wildman–Crippen MR) is 286 cm³/mol. The molecule has 11 aromatic rings. The quantitative estimate of drug-likeness (QED) is 0.154. The van der Waals surface area contributed by atoms with E-state index in [1.807, 2.05) is 0 Å². The predicted octanol–water partition coefficient (Wildman–Crippen LogP) is 15.8. The molecule has 0 spiro atoms. The maximum atomic E-state index is 7.36. The number of nitrogens with zero attached hydrogens (tertiary/aromatic N) is 2. The summed E-state index contributed by atoms with van der Waals surface area (Å²) >= 11 is 0. The number of hydrogen-bond donors (Lipinski definition) is 0. The standard InChI is InChI=1S/C63H53BN2O2/c1-60(2,3)34-22-24-35(25-23-34)66-49-31-39-36-16-10-13-19-43(36)63(8,9)44(39)28-42(49)54-55-38-18-12-15-21-52(38)68-59(55)56-41-29-45-46(62(6,7)27-26-61(45,4)5)32-48(41)65-50-33-53-40(37-17-11-14-20-51(37)67-53)30-47(50)64(66)57(54)58(56)65/h10-25,28-33H,26-27H2,1-9H3. The lowest BCUT2D eigenvalue weighted by molar-refractivity contribution is 0.332. The van der Waals surface area contributed by atoms with Crippen LogP contribution >= 0.6 is 0 Å². The number of para-hydroxylation sites is 2. The minimum Gasteiger partial charge on any atom is -0.456 e. The van der Waals surface area contributed by atoms with Gasteiger partial charge < -0.3 is 18.2 Å². The lowest BCUT2D eigenvalue weighted by Crippen LogP contribution is -2.60. The fraction of sp³-hybridized carbons (Fsp3) is 0.238. The zero-order chi connectivity index (χ0) is 46.1. The highest BCUT2D eigenvalue weighted by Crippen LogP contribution is 2.57. The van der Waals surface area contributed by atoms with Gasteiger partial charge in [0.05, 0.1) is 16.4 Å². The third-order valence-electron chi connectivity index (χ3n) is 17.4. The minimum atomic E-state index is -0.190. The Hall–Kier alpha value is -6.98. The normalized spacial score (nSPS) is 17.1. The highest BCUT2D eigenvalue weighted by atomic mass is 16.3. The van der Waals surface area contributed by atoms with Gasteiger partial charge in [-0.2, -0.15) is 0 Å². The molecular weight excluding hydrogens is 828 g/mol. The SMILES string of the molecule is CC(C)(C)c1ccc(N2B3c4cc5c(cc4-n4c6cc7c(cc6c6c8oc9ccccc9c8c(c3c64)-c3cc4c(cc32)-c2ccccc2C4(C)C)C(C)(C)CCC7(C)C)oc2ccccc25)cc1. The third kappa shape index (κ3) is 4.73. The second-order valence-corrected chi connectivity index (χ2v) is 23.5. The Bertz CT molecular complexity index is 4110. The summed E-state index contributed by atoms with van der Waals surface area (Å²) in [5.74, 6) is 0. The Morgan fingerprint density at radius 1 is 0.529 bits per heavy atom. The molecule has 5 heteroatoms. The van der Waals surface area contributed by atoms with Gasteiger partial charge in [-0.15, -0.1) is 0 Å². The topological polar surface area (TPSA) is 34.5 Å². The van der Waals surface area contributed by atoms with Crippen molar-refractivity contribution in [3.05, 3.63) is 161 Å². The summed E-state index contributed by atoms with van der Waals surface area (Å²) in [6, 6.07) is 51.0. The van der Waals surface area contributed by atoms with Crippen LogP contribution in [0.15, 0.2) is 142 Å². The molecule has 15 rings (SSSR count). The Balaban J connectivity index is 1.20. The first-order valence-corrected chi connectivity index (χ1v) is 24.7. The highest BCUT2D eigenvalue weighted by molar-refractivity contribution is 6.94. The summed E-state index contributed by atoms with van der Waals surface area (Å²) in [6.07, 6.45) is 2.29. The molecule has 4 aliphatic rings. The van der Waals surface area contributed by atoms with Crippen molar-refractivity contribution < 1.29 is 8.83 Å². The number of furan rings is 2. The van der Waals surface area contributed by atoms with Crippen LogP contribution < -0.4 is 15.7 Å². The Labute approximate surface area is 397 Å². The minimum absolute atomic E-state index is 0.00970. The second-order valence-electron chi connectivity index (χ2n) is 23.5. The number of aromatic nitrogens is 1. The molecular formula is C63H53BN2O2. The van der Waals surface area contributed by atoms with Crippen molar-refractivity contribution in [1.29, 1.82) is 0 Å². The Morgan fingerprint density at radius 3 is 1.96 bits per heavy atom. The van der Waals surface area contributed by atoms with Crippen LogP contribution in [0.2, 0.25) is 0 Å². The number of fused-ring (bicyclic) bond motifs is 20. The fourth-order valence-corrected chi connectivity index (χ4v) is 13.7. The van der Waals surface area contributed by atoms with Crippen LogP contribution in [0.25, 0.3) is 93.6 Å². The molecule has 0 radical (unpaired) electrons. The van der Waals surface area contributed by atoms with E-state index in [1.54, 1.807) is 0 Å². The second kappa shape index (κ2) is 12.4. The number of hydrogen-bond acceptors (Lipinski definition) is 3. The molecule has 0 bridgehead atoms.